The first-order valence-corrected chi connectivity index (χ1v) is 4.77. The van der Waals surface area contributed by atoms with Crippen LogP contribution in [0.1, 0.15) is 16.2 Å². The number of hydrogen-bond acceptors (Lipinski definition) is 4. The number of rotatable bonds is 4. The van der Waals surface area contributed by atoms with Gasteiger partial charge in [0.2, 0.25) is 0 Å². The van der Waals surface area contributed by atoms with Crippen molar-refractivity contribution in [2.45, 2.75) is 6.54 Å². The van der Waals surface area contributed by atoms with Crippen molar-refractivity contribution < 1.29 is 9.21 Å². The van der Waals surface area contributed by atoms with E-state index in [0.717, 1.165) is 5.76 Å². The third-order valence-electron chi connectivity index (χ3n) is 2.16. The molecule has 1 amide bonds. The van der Waals surface area contributed by atoms with Crippen molar-refractivity contribution >= 4 is 11.7 Å². The Morgan fingerprint density at radius 2 is 2.50 bits per heavy atom. The van der Waals surface area contributed by atoms with Crippen LogP contribution >= 0.6 is 0 Å². The molecule has 0 aliphatic heterocycles. The summed E-state index contributed by atoms with van der Waals surface area (Å²) in [7, 11) is 1.66. The first kappa shape index (κ1) is 10.3. The van der Waals surface area contributed by atoms with Gasteiger partial charge in [0.1, 0.15) is 17.3 Å². The number of nitrogens with two attached hydrogens (primary N) is 1. The molecule has 6 heteroatoms. The zero-order valence-electron chi connectivity index (χ0n) is 8.80. The van der Waals surface area contributed by atoms with Gasteiger partial charge >= 0.3 is 0 Å². The number of furan rings is 1. The van der Waals surface area contributed by atoms with Crippen molar-refractivity contribution in [3.8, 4) is 0 Å². The molecule has 0 radical (unpaired) electrons. The number of aryl methyl sites for hydroxylation is 1. The molecule has 0 spiro atoms. The van der Waals surface area contributed by atoms with Crippen molar-refractivity contribution in [1.29, 1.82) is 0 Å². The molecule has 0 aliphatic carbocycles. The van der Waals surface area contributed by atoms with Crippen LogP contribution in [0, 0.1) is 0 Å². The molecule has 84 valence electrons. The summed E-state index contributed by atoms with van der Waals surface area (Å²) >= 11 is 0. The predicted octanol–water partition coefficient (Wildman–Crippen LogP) is 0.724. The monoisotopic (exact) mass is 220 g/mol. The molecule has 0 saturated carbocycles. The Morgan fingerprint density at radius 3 is 3.06 bits per heavy atom. The topological polar surface area (TPSA) is 86.1 Å². The van der Waals surface area contributed by atoms with Crippen LogP contribution in [0.2, 0.25) is 0 Å². The standard InChI is InChI=1S/C10H12N4O2/c1-14-8(10(11)15)5-9(13-14)12-6-7-3-2-4-16-7/h2-5H,6H2,1H3,(H2,11,15)(H,12,13). The minimum Gasteiger partial charge on any atom is -0.467 e. The maximum Gasteiger partial charge on any atom is 0.267 e. The molecule has 16 heavy (non-hydrogen) atoms. The third-order valence-corrected chi connectivity index (χ3v) is 2.16. The Kier molecular flexibility index (Phi) is 2.63. The molecule has 2 rings (SSSR count). The minimum absolute atomic E-state index is 0.363. The molecule has 2 heterocycles. The lowest BCUT2D eigenvalue weighted by atomic mass is 10.4. The van der Waals surface area contributed by atoms with Gasteiger partial charge in [0.05, 0.1) is 12.8 Å². The van der Waals surface area contributed by atoms with Crippen LogP contribution in [0.5, 0.6) is 0 Å². The summed E-state index contributed by atoms with van der Waals surface area (Å²) in [5.74, 6) is 0.889. The van der Waals surface area contributed by atoms with E-state index in [9.17, 15) is 4.79 Å². The van der Waals surface area contributed by atoms with Crippen molar-refractivity contribution in [1.82, 2.24) is 9.78 Å². The second-order valence-corrected chi connectivity index (χ2v) is 3.34. The van der Waals surface area contributed by atoms with E-state index in [4.69, 9.17) is 10.2 Å². The number of aromatic nitrogens is 2. The van der Waals surface area contributed by atoms with Crippen LogP contribution in [0.25, 0.3) is 0 Å². The van der Waals surface area contributed by atoms with E-state index in [1.165, 1.54) is 4.68 Å². The van der Waals surface area contributed by atoms with Crippen LogP contribution in [0.15, 0.2) is 28.9 Å². The van der Waals surface area contributed by atoms with Crippen LogP contribution in [-0.2, 0) is 13.6 Å². The van der Waals surface area contributed by atoms with Crippen LogP contribution < -0.4 is 11.1 Å². The fourth-order valence-corrected chi connectivity index (χ4v) is 1.38. The zero-order chi connectivity index (χ0) is 11.5. The van der Waals surface area contributed by atoms with Gasteiger partial charge in [-0.15, -0.1) is 0 Å². The van der Waals surface area contributed by atoms with Crippen LogP contribution in [0.3, 0.4) is 0 Å². The lowest BCUT2D eigenvalue weighted by Crippen LogP contribution is -2.15. The number of carbonyl (C=O) groups is 1. The molecule has 3 N–H and O–H groups in total. The van der Waals surface area contributed by atoms with Gasteiger partial charge in [-0.1, -0.05) is 0 Å². The maximum atomic E-state index is 11.0. The quantitative estimate of drug-likeness (QED) is 0.795. The molecule has 0 unspecified atom stereocenters. The fourth-order valence-electron chi connectivity index (χ4n) is 1.38. The Bertz CT molecular complexity index is 487. The molecular weight excluding hydrogens is 208 g/mol. The highest BCUT2D eigenvalue weighted by Crippen LogP contribution is 2.09. The predicted molar refractivity (Wildman–Crippen MR) is 57.8 cm³/mol. The Balaban J connectivity index is 2.05. The molecular formula is C10H12N4O2. The molecule has 0 bridgehead atoms. The lowest BCUT2D eigenvalue weighted by molar-refractivity contribution is 0.0991. The molecule has 0 aromatic carbocycles. The van der Waals surface area contributed by atoms with E-state index in [1.807, 2.05) is 12.1 Å². The van der Waals surface area contributed by atoms with Gasteiger partial charge in [-0.2, -0.15) is 5.10 Å². The SMILES string of the molecule is Cn1nc(NCc2ccco2)cc1C(N)=O. The largest absolute Gasteiger partial charge is 0.467 e. The Morgan fingerprint density at radius 1 is 1.69 bits per heavy atom. The van der Waals surface area contributed by atoms with Gasteiger partial charge in [-0.25, -0.2) is 0 Å². The number of nitrogens with one attached hydrogen (secondary N) is 1. The summed E-state index contributed by atoms with van der Waals surface area (Å²) in [4.78, 5) is 11.0. The average molecular weight is 220 g/mol. The zero-order valence-corrected chi connectivity index (χ0v) is 8.80. The number of carbonyl (C=O) groups excluding carboxylic acids is 1. The fraction of sp³-hybridized carbons (Fsp3) is 0.200. The minimum atomic E-state index is -0.499. The first-order chi connectivity index (χ1) is 7.66. The van der Waals surface area contributed by atoms with E-state index in [-0.39, 0.29) is 0 Å². The average Bonchev–Trinajstić information content (AvgIpc) is 2.83. The van der Waals surface area contributed by atoms with Crippen molar-refractivity contribution in [2.75, 3.05) is 5.32 Å². The van der Waals surface area contributed by atoms with Gasteiger partial charge < -0.3 is 15.5 Å². The van der Waals surface area contributed by atoms with E-state index >= 15 is 0 Å². The number of primary amides is 1. The van der Waals surface area contributed by atoms with Gasteiger partial charge in [-0.05, 0) is 12.1 Å². The Hall–Kier alpha value is -2.24. The molecule has 0 saturated heterocycles. The molecule has 2 aromatic rings. The third kappa shape index (κ3) is 2.05. The van der Waals surface area contributed by atoms with Gasteiger partial charge in [0.25, 0.3) is 5.91 Å². The highest BCUT2D eigenvalue weighted by atomic mass is 16.3. The summed E-state index contributed by atoms with van der Waals surface area (Å²) in [6.07, 6.45) is 1.60. The highest BCUT2D eigenvalue weighted by molar-refractivity contribution is 5.91. The van der Waals surface area contributed by atoms with Crippen molar-refractivity contribution in [2.24, 2.45) is 12.8 Å². The smallest absolute Gasteiger partial charge is 0.267 e. The van der Waals surface area contributed by atoms with Crippen LogP contribution in [0.4, 0.5) is 5.82 Å². The summed E-state index contributed by atoms with van der Waals surface area (Å²) in [5.41, 5.74) is 5.54. The number of nitrogens with zero attached hydrogens (tertiary/aromatic N) is 2. The van der Waals surface area contributed by atoms with Gasteiger partial charge in [0, 0.05) is 13.1 Å². The second-order valence-electron chi connectivity index (χ2n) is 3.34. The Labute approximate surface area is 92.0 Å². The normalized spacial score (nSPS) is 10.3. The van der Waals surface area contributed by atoms with Gasteiger partial charge in [-0.3, -0.25) is 9.48 Å². The van der Waals surface area contributed by atoms with Crippen molar-refractivity contribution in [3.05, 3.63) is 35.9 Å². The number of amides is 1. The number of anilines is 1. The molecule has 0 atom stereocenters. The highest BCUT2D eigenvalue weighted by Gasteiger charge is 2.09. The lowest BCUT2D eigenvalue weighted by Gasteiger charge is -1.98. The molecule has 0 aliphatic rings. The molecule has 2 aromatic heterocycles. The van der Waals surface area contributed by atoms with Crippen LogP contribution in [-0.4, -0.2) is 15.7 Å². The second kappa shape index (κ2) is 4.09. The maximum absolute atomic E-state index is 11.0. The van der Waals surface area contributed by atoms with E-state index in [1.54, 1.807) is 19.4 Å². The summed E-state index contributed by atoms with van der Waals surface area (Å²) in [6, 6.07) is 5.26. The van der Waals surface area contributed by atoms with Crippen molar-refractivity contribution in [3.63, 3.8) is 0 Å². The number of hydrogen-bond donors (Lipinski definition) is 2. The summed E-state index contributed by atoms with van der Waals surface area (Å²) in [5, 5.41) is 7.12. The molecule has 0 fully saturated rings. The summed E-state index contributed by atoms with van der Waals surface area (Å²) in [6.45, 7) is 0.516. The van der Waals surface area contributed by atoms with E-state index in [2.05, 4.69) is 10.4 Å². The summed E-state index contributed by atoms with van der Waals surface area (Å²) < 4.78 is 6.59. The van der Waals surface area contributed by atoms with E-state index < -0.39 is 5.91 Å². The first-order valence-electron chi connectivity index (χ1n) is 4.77. The molecule has 6 nitrogen and oxygen atoms in total. The van der Waals surface area contributed by atoms with Gasteiger partial charge in [0.15, 0.2) is 0 Å². The van der Waals surface area contributed by atoms with E-state index in [0.29, 0.717) is 18.1 Å².